The third-order valence-corrected chi connectivity index (χ3v) is 5.40. The van der Waals surface area contributed by atoms with Gasteiger partial charge in [0.15, 0.2) is 6.61 Å². The lowest BCUT2D eigenvalue weighted by Crippen LogP contribution is -2.36. The monoisotopic (exact) mass is 403 g/mol. The Morgan fingerprint density at radius 2 is 1.79 bits per heavy atom. The summed E-state index contributed by atoms with van der Waals surface area (Å²) >= 11 is 5.85. The average Bonchev–Trinajstić information content (AvgIpc) is 3.27. The van der Waals surface area contributed by atoms with E-state index in [1.165, 1.54) is 0 Å². The molecule has 146 valence electrons. The first-order chi connectivity index (χ1) is 13.5. The molecule has 2 amide bonds. The third-order valence-electron chi connectivity index (χ3n) is 5.15. The number of nitrogens with zero attached hydrogens (tertiary/aromatic N) is 3. The van der Waals surface area contributed by atoms with E-state index >= 15 is 0 Å². The topological polar surface area (TPSA) is 103 Å². The summed E-state index contributed by atoms with van der Waals surface area (Å²) in [7, 11) is 0. The summed E-state index contributed by atoms with van der Waals surface area (Å²) in [6.45, 7) is -0.620. The van der Waals surface area contributed by atoms with Gasteiger partial charge < -0.3 is 9.26 Å². The van der Waals surface area contributed by atoms with Gasteiger partial charge in [0.2, 0.25) is 17.6 Å². The lowest BCUT2D eigenvalue weighted by molar-refractivity contribution is -0.154. The molecule has 2 fully saturated rings. The van der Waals surface area contributed by atoms with E-state index in [1.807, 2.05) is 0 Å². The second-order valence-corrected chi connectivity index (χ2v) is 7.38. The van der Waals surface area contributed by atoms with E-state index in [0.717, 1.165) is 17.7 Å². The first-order valence-electron chi connectivity index (χ1n) is 9.12. The number of halogens is 1. The van der Waals surface area contributed by atoms with Crippen molar-refractivity contribution in [2.45, 2.75) is 32.3 Å². The van der Waals surface area contributed by atoms with Gasteiger partial charge in [0.05, 0.1) is 11.8 Å². The van der Waals surface area contributed by atoms with Crippen molar-refractivity contribution in [3.05, 3.63) is 35.2 Å². The van der Waals surface area contributed by atoms with E-state index in [0.29, 0.717) is 29.3 Å². The Morgan fingerprint density at radius 1 is 1.14 bits per heavy atom. The fraction of sp³-hybridized carbons (Fsp3) is 0.421. The van der Waals surface area contributed by atoms with Crippen LogP contribution in [0.3, 0.4) is 0 Å². The number of amides is 2. The summed E-state index contributed by atoms with van der Waals surface area (Å²) in [5, 5.41) is 4.42. The molecule has 0 radical (unpaired) electrons. The number of imide groups is 1. The predicted octanol–water partition coefficient (Wildman–Crippen LogP) is 2.61. The summed E-state index contributed by atoms with van der Waals surface area (Å²) < 4.78 is 10.2. The molecule has 1 aliphatic heterocycles. The summed E-state index contributed by atoms with van der Waals surface area (Å²) in [6.07, 6.45) is 3.28. The number of esters is 1. The Bertz CT molecular complexity index is 887. The van der Waals surface area contributed by atoms with E-state index in [-0.39, 0.29) is 42.7 Å². The number of hydrogen-bond acceptors (Lipinski definition) is 7. The highest BCUT2D eigenvalue weighted by atomic mass is 35.5. The smallest absolute Gasteiger partial charge is 0.326 e. The zero-order valence-corrected chi connectivity index (χ0v) is 15.7. The van der Waals surface area contributed by atoms with Crippen LogP contribution in [0, 0.1) is 11.8 Å². The molecule has 2 atom stereocenters. The highest BCUT2D eigenvalue weighted by Crippen LogP contribution is 2.37. The Kier molecular flexibility index (Phi) is 5.13. The highest BCUT2D eigenvalue weighted by molar-refractivity contribution is 6.30. The van der Waals surface area contributed by atoms with Crippen LogP contribution in [-0.4, -0.2) is 39.4 Å². The van der Waals surface area contributed by atoms with Crippen LogP contribution in [0.1, 0.15) is 31.6 Å². The van der Waals surface area contributed by atoms with Crippen molar-refractivity contribution in [1.29, 1.82) is 0 Å². The Morgan fingerprint density at radius 3 is 2.43 bits per heavy atom. The minimum Gasteiger partial charge on any atom is -0.454 e. The van der Waals surface area contributed by atoms with Crippen molar-refractivity contribution in [1.82, 2.24) is 15.0 Å². The number of ether oxygens (including phenoxy) is 1. The van der Waals surface area contributed by atoms with Gasteiger partial charge in [-0.15, -0.1) is 0 Å². The molecule has 0 unspecified atom stereocenters. The molecular formula is C19H18ClN3O5. The minimum absolute atomic E-state index is 0.117. The van der Waals surface area contributed by atoms with Crippen molar-refractivity contribution in [2.75, 3.05) is 6.54 Å². The van der Waals surface area contributed by atoms with Crippen LogP contribution in [0.4, 0.5) is 0 Å². The maximum absolute atomic E-state index is 12.4. The molecule has 0 bridgehead atoms. The number of aromatic nitrogens is 2. The maximum Gasteiger partial charge on any atom is 0.326 e. The van der Waals surface area contributed by atoms with Gasteiger partial charge in [0, 0.05) is 10.6 Å². The summed E-state index contributed by atoms with van der Waals surface area (Å²) in [5.41, 5.74) is 0.710. The van der Waals surface area contributed by atoms with Crippen molar-refractivity contribution in [2.24, 2.45) is 11.8 Å². The summed E-state index contributed by atoms with van der Waals surface area (Å²) in [5.74, 6) is -1.34. The number of hydrogen-bond donors (Lipinski definition) is 0. The molecule has 1 saturated heterocycles. The molecule has 2 aromatic rings. The van der Waals surface area contributed by atoms with Gasteiger partial charge >= 0.3 is 5.97 Å². The Hall–Kier alpha value is -2.74. The normalized spacial score (nSPS) is 21.7. The van der Waals surface area contributed by atoms with Crippen LogP contribution in [0.5, 0.6) is 0 Å². The van der Waals surface area contributed by atoms with Crippen LogP contribution in [0.15, 0.2) is 28.8 Å². The number of rotatable bonds is 5. The molecule has 0 N–H and O–H groups in total. The lowest BCUT2D eigenvalue weighted by Gasteiger charge is -2.19. The molecule has 2 heterocycles. The zero-order chi connectivity index (χ0) is 19.7. The highest BCUT2D eigenvalue weighted by Gasteiger charge is 2.48. The molecule has 1 saturated carbocycles. The van der Waals surface area contributed by atoms with E-state index in [9.17, 15) is 14.4 Å². The maximum atomic E-state index is 12.4. The van der Waals surface area contributed by atoms with Gasteiger partial charge in [-0.3, -0.25) is 19.3 Å². The standard InChI is InChI=1S/C19H18ClN3O5/c20-12-7-5-11(6-8-12)17-21-15(28-22-17)10-27-16(24)9-23-18(25)13-3-1-2-4-14(13)19(23)26/h5-8,13-14H,1-4,9-10H2/t13-,14-/m1/s1. The van der Waals surface area contributed by atoms with Crippen LogP contribution in [0.2, 0.25) is 5.02 Å². The molecule has 8 nitrogen and oxygen atoms in total. The first kappa shape index (κ1) is 18.6. The van der Waals surface area contributed by atoms with Crippen molar-refractivity contribution < 1.29 is 23.6 Å². The van der Waals surface area contributed by atoms with E-state index < -0.39 is 5.97 Å². The molecular weight excluding hydrogens is 386 g/mol. The van der Waals surface area contributed by atoms with Crippen molar-refractivity contribution in [3.63, 3.8) is 0 Å². The Labute approximate surface area is 165 Å². The molecule has 1 aromatic heterocycles. The van der Waals surface area contributed by atoms with Crippen LogP contribution in [-0.2, 0) is 25.7 Å². The largest absolute Gasteiger partial charge is 0.454 e. The molecule has 1 aromatic carbocycles. The number of benzene rings is 1. The first-order valence-corrected chi connectivity index (χ1v) is 9.50. The van der Waals surface area contributed by atoms with E-state index in [4.69, 9.17) is 20.9 Å². The number of likely N-dealkylation sites (tertiary alicyclic amines) is 1. The fourth-order valence-corrected chi connectivity index (χ4v) is 3.86. The summed E-state index contributed by atoms with van der Waals surface area (Å²) in [6, 6.07) is 6.89. The SMILES string of the molecule is O=C(CN1C(=O)[C@@H]2CCCC[C@H]2C1=O)OCc1nc(-c2ccc(Cl)cc2)no1. The zero-order valence-electron chi connectivity index (χ0n) is 15.0. The second-order valence-electron chi connectivity index (χ2n) is 6.94. The van der Waals surface area contributed by atoms with Gasteiger partial charge in [0.25, 0.3) is 5.89 Å². The lowest BCUT2D eigenvalue weighted by atomic mass is 9.81. The van der Waals surface area contributed by atoms with Gasteiger partial charge in [-0.25, -0.2) is 0 Å². The molecule has 9 heteroatoms. The molecule has 2 aliphatic rings. The molecule has 1 aliphatic carbocycles. The molecule has 4 rings (SSSR count). The van der Waals surface area contributed by atoms with Crippen molar-refractivity contribution in [3.8, 4) is 11.4 Å². The quantitative estimate of drug-likeness (QED) is 0.558. The van der Waals surface area contributed by atoms with E-state index in [1.54, 1.807) is 24.3 Å². The predicted molar refractivity (Wildman–Crippen MR) is 96.7 cm³/mol. The van der Waals surface area contributed by atoms with Crippen LogP contribution >= 0.6 is 11.6 Å². The van der Waals surface area contributed by atoms with E-state index in [2.05, 4.69) is 10.1 Å². The van der Waals surface area contributed by atoms with Gasteiger partial charge in [-0.2, -0.15) is 4.98 Å². The van der Waals surface area contributed by atoms with Crippen molar-refractivity contribution >= 4 is 29.4 Å². The fourth-order valence-electron chi connectivity index (χ4n) is 3.73. The number of fused-ring (bicyclic) bond motifs is 1. The number of carbonyl (C=O) groups excluding carboxylic acids is 3. The molecule has 0 spiro atoms. The van der Waals surface area contributed by atoms with Gasteiger partial charge in [0.1, 0.15) is 6.54 Å². The van der Waals surface area contributed by atoms with Crippen LogP contribution in [0.25, 0.3) is 11.4 Å². The average molecular weight is 404 g/mol. The minimum atomic E-state index is -0.688. The second kappa shape index (κ2) is 7.71. The van der Waals surface area contributed by atoms with Crippen LogP contribution < -0.4 is 0 Å². The van der Waals surface area contributed by atoms with Gasteiger partial charge in [-0.05, 0) is 37.1 Å². The number of carbonyl (C=O) groups is 3. The molecule has 28 heavy (non-hydrogen) atoms. The Balaban J connectivity index is 1.33. The van der Waals surface area contributed by atoms with Gasteiger partial charge in [-0.1, -0.05) is 29.6 Å². The summed E-state index contributed by atoms with van der Waals surface area (Å²) in [4.78, 5) is 42.1. The third kappa shape index (κ3) is 3.64.